The van der Waals surface area contributed by atoms with Crippen LogP contribution in [0, 0.1) is 13.8 Å². The fourth-order valence-corrected chi connectivity index (χ4v) is 2.57. The maximum Gasteiger partial charge on any atom is 0.279 e. The van der Waals surface area contributed by atoms with E-state index in [0.29, 0.717) is 16.7 Å². The minimum Gasteiger partial charge on any atom is -0.479 e. The second-order valence-corrected chi connectivity index (χ2v) is 6.38. The fourth-order valence-electron chi connectivity index (χ4n) is 2.31. The number of fused-ring (bicyclic) bond motifs is 1. The third-order valence-electron chi connectivity index (χ3n) is 3.76. The fraction of sp³-hybridized carbons (Fsp3) is 0.167. The molecule has 0 unspecified atom stereocenters. The molecule has 0 saturated heterocycles. The lowest BCUT2D eigenvalue weighted by molar-refractivity contribution is 0.101. The van der Waals surface area contributed by atoms with Crippen LogP contribution in [0.15, 0.2) is 40.9 Å². The van der Waals surface area contributed by atoms with Crippen LogP contribution in [0.4, 0.5) is 5.69 Å². The molecule has 3 rings (SSSR count). The zero-order chi connectivity index (χ0) is 17.3. The van der Waals surface area contributed by atoms with Crippen molar-refractivity contribution in [1.29, 1.82) is 0 Å². The zero-order valence-corrected chi connectivity index (χ0v) is 15.1. The lowest BCUT2D eigenvalue weighted by Crippen LogP contribution is -2.16. The van der Waals surface area contributed by atoms with Gasteiger partial charge in [0.25, 0.3) is 5.91 Å². The van der Waals surface area contributed by atoms with E-state index < -0.39 is 0 Å². The van der Waals surface area contributed by atoms with Crippen molar-refractivity contribution >= 4 is 38.6 Å². The number of anilines is 1. The molecule has 0 saturated carbocycles. The third kappa shape index (κ3) is 3.23. The number of nitrogens with zero attached hydrogens (tertiary/aromatic N) is 2. The first-order valence-electron chi connectivity index (χ1n) is 7.38. The van der Waals surface area contributed by atoms with Crippen molar-refractivity contribution in [3.63, 3.8) is 0 Å². The van der Waals surface area contributed by atoms with Gasteiger partial charge in [-0.2, -0.15) is 0 Å². The SMILES string of the molecule is COc1nc2cc(C)c(C)cc2nc1C(=O)Nc1ccc(Br)cc1. The number of methoxy groups -OCH3 is 1. The number of hydrogen-bond donors (Lipinski definition) is 1. The van der Waals surface area contributed by atoms with Crippen LogP contribution >= 0.6 is 15.9 Å². The van der Waals surface area contributed by atoms with Crippen LogP contribution in [0.3, 0.4) is 0 Å². The first-order chi connectivity index (χ1) is 11.5. The normalized spacial score (nSPS) is 10.7. The van der Waals surface area contributed by atoms with Gasteiger partial charge in [0.15, 0.2) is 5.69 Å². The van der Waals surface area contributed by atoms with Gasteiger partial charge in [-0.1, -0.05) is 15.9 Å². The number of aromatic nitrogens is 2. The van der Waals surface area contributed by atoms with E-state index in [2.05, 4.69) is 31.2 Å². The van der Waals surface area contributed by atoms with Crippen LogP contribution in [0.1, 0.15) is 21.6 Å². The molecule has 1 heterocycles. The van der Waals surface area contributed by atoms with Crippen LogP contribution in [0.2, 0.25) is 0 Å². The first-order valence-corrected chi connectivity index (χ1v) is 8.17. The average molecular weight is 386 g/mol. The summed E-state index contributed by atoms with van der Waals surface area (Å²) < 4.78 is 6.20. The maximum absolute atomic E-state index is 12.6. The Labute approximate surface area is 148 Å². The van der Waals surface area contributed by atoms with Crippen molar-refractivity contribution < 1.29 is 9.53 Å². The summed E-state index contributed by atoms with van der Waals surface area (Å²) in [7, 11) is 1.48. The van der Waals surface area contributed by atoms with Gasteiger partial charge in [0.1, 0.15) is 0 Å². The van der Waals surface area contributed by atoms with Crippen LogP contribution in [-0.2, 0) is 0 Å². The molecule has 6 heteroatoms. The summed E-state index contributed by atoms with van der Waals surface area (Å²) in [5, 5.41) is 2.81. The Kier molecular flexibility index (Phi) is 4.49. The van der Waals surface area contributed by atoms with Gasteiger partial charge in [0.2, 0.25) is 5.88 Å². The van der Waals surface area contributed by atoms with Crippen LogP contribution in [0.5, 0.6) is 5.88 Å². The highest BCUT2D eigenvalue weighted by Crippen LogP contribution is 2.23. The first kappa shape index (κ1) is 16.4. The molecule has 0 bridgehead atoms. The van der Waals surface area contributed by atoms with E-state index in [4.69, 9.17) is 4.74 Å². The Bertz CT molecular complexity index is 924. The average Bonchev–Trinajstić information content (AvgIpc) is 2.57. The molecular weight excluding hydrogens is 370 g/mol. The molecule has 5 nitrogen and oxygen atoms in total. The number of ether oxygens (including phenoxy) is 1. The van der Waals surface area contributed by atoms with Gasteiger partial charge >= 0.3 is 0 Å². The Balaban J connectivity index is 2.01. The van der Waals surface area contributed by atoms with E-state index in [1.807, 2.05) is 38.1 Å². The van der Waals surface area contributed by atoms with Gasteiger partial charge in [0.05, 0.1) is 18.1 Å². The number of rotatable bonds is 3. The summed E-state index contributed by atoms with van der Waals surface area (Å²) in [4.78, 5) is 21.4. The lowest BCUT2D eigenvalue weighted by atomic mass is 10.1. The van der Waals surface area contributed by atoms with Crippen molar-refractivity contribution in [1.82, 2.24) is 9.97 Å². The highest BCUT2D eigenvalue weighted by Gasteiger charge is 2.18. The summed E-state index contributed by atoms with van der Waals surface area (Å²) in [5.74, 6) is -0.151. The second kappa shape index (κ2) is 6.57. The van der Waals surface area contributed by atoms with Gasteiger partial charge in [-0.15, -0.1) is 0 Å². The molecule has 1 N–H and O–H groups in total. The molecule has 0 radical (unpaired) electrons. The van der Waals surface area contributed by atoms with Gasteiger partial charge in [-0.05, 0) is 61.4 Å². The van der Waals surface area contributed by atoms with Gasteiger partial charge in [0, 0.05) is 10.2 Å². The van der Waals surface area contributed by atoms with E-state index in [0.717, 1.165) is 15.6 Å². The quantitative estimate of drug-likeness (QED) is 0.730. The van der Waals surface area contributed by atoms with Crippen LogP contribution < -0.4 is 10.1 Å². The van der Waals surface area contributed by atoms with E-state index in [-0.39, 0.29) is 17.5 Å². The van der Waals surface area contributed by atoms with E-state index >= 15 is 0 Å². The minimum absolute atomic E-state index is 0.163. The monoisotopic (exact) mass is 385 g/mol. The topological polar surface area (TPSA) is 64.1 Å². The van der Waals surface area contributed by atoms with E-state index in [9.17, 15) is 4.79 Å². The van der Waals surface area contributed by atoms with Crippen molar-refractivity contribution in [3.8, 4) is 5.88 Å². The molecule has 24 heavy (non-hydrogen) atoms. The molecular formula is C18H16BrN3O2. The van der Waals surface area contributed by atoms with Gasteiger partial charge < -0.3 is 10.1 Å². The maximum atomic E-state index is 12.6. The summed E-state index contributed by atoms with van der Waals surface area (Å²) in [5.41, 5.74) is 4.42. The summed E-state index contributed by atoms with van der Waals surface area (Å²) in [6.45, 7) is 4.01. The Hall–Kier alpha value is -2.47. The molecule has 1 aromatic heterocycles. The molecule has 0 spiro atoms. The third-order valence-corrected chi connectivity index (χ3v) is 4.29. The van der Waals surface area contributed by atoms with Crippen LogP contribution in [-0.4, -0.2) is 23.0 Å². The molecule has 0 fully saturated rings. The molecule has 122 valence electrons. The largest absolute Gasteiger partial charge is 0.479 e. The molecule has 1 amide bonds. The van der Waals surface area contributed by atoms with Crippen LogP contribution in [0.25, 0.3) is 11.0 Å². The van der Waals surface area contributed by atoms with Gasteiger partial charge in [-0.3, -0.25) is 4.79 Å². The molecule has 0 aliphatic rings. The molecule has 3 aromatic rings. The number of aryl methyl sites for hydroxylation is 2. The number of carbonyl (C=O) groups is 1. The van der Waals surface area contributed by atoms with E-state index in [1.54, 1.807) is 12.1 Å². The Morgan fingerprint density at radius 1 is 1.04 bits per heavy atom. The molecule has 0 aliphatic carbocycles. The predicted octanol–water partition coefficient (Wildman–Crippen LogP) is 4.27. The summed E-state index contributed by atoms with van der Waals surface area (Å²) in [6.07, 6.45) is 0. The van der Waals surface area contributed by atoms with Crippen molar-refractivity contribution in [3.05, 3.63) is 57.7 Å². The number of hydrogen-bond acceptors (Lipinski definition) is 4. The predicted molar refractivity (Wildman–Crippen MR) is 97.7 cm³/mol. The van der Waals surface area contributed by atoms with Crippen molar-refractivity contribution in [2.45, 2.75) is 13.8 Å². The van der Waals surface area contributed by atoms with Gasteiger partial charge in [-0.25, -0.2) is 9.97 Å². The lowest BCUT2D eigenvalue weighted by Gasteiger charge is -2.10. The number of nitrogens with one attached hydrogen (secondary N) is 1. The Morgan fingerprint density at radius 3 is 2.21 bits per heavy atom. The van der Waals surface area contributed by atoms with E-state index in [1.165, 1.54) is 7.11 Å². The molecule has 2 aromatic carbocycles. The second-order valence-electron chi connectivity index (χ2n) is 5.47. The Morgan fingerprint density at radius 2 is 1.62 bits per heavy atom. The highest BCUT2D eigenvalue weighted by molar-refractivity contribution is 9.10. The van der Waals surface area contributed by atoms with Crippen molar-refractivity contribution in [2.75, 3.05) is 12.4 Å². The molecule has 0 atom stereocenters. The number of amides is 1. The van der Waals surface area contributed by atoms with Crippen molar-refractivity contribution in [2.24, 2.45) is 0 Å². The standard InChI is InChI=1S/C18H16BrN3O2/c1-10-8-14-15(9-11(10)2)22-18(24-3)16(21-14)17(23)20-13-6-4-12(19)5-7-13/h4-9H,1-3H3,(H,20,23). The smallest absolute Gasteiger partial charge is 0.279 e. The number of carbonyl (C=O) groups excluding carboxylic acids is 1. The zero-order valence-electron chi connectivity index (χ0n) is 13.6. The minimum atomic E-state index is -0.359. The number of benzene rings is 2. The highest BCUT2D eigenvalue weighted by atomic mass is 79.9. The number of halogens is 1. The molecule has 0 aliphatic heterocycles. The summed E-state index contributed by atoms with van der Waals surface area (Å²) in [6, 6.07) is 11.2. The summed E-state index contributed by atoms with van der Waals surface area (Å²) >= 11 is 3.36.